The average molecular weight is 468 g/mol. The molecule has 0 atom stereocenters. The van der Waals surface area contributed by atoms with Crippen LogP contribution in [0.1, 0.15) is 5.69 Å². The number of benzene rings is 2. The molecule has 2 heterocycles. The van der Waals surface area contributed by atoms with Gasteiger partial charge < -0.3 is 10.2 Å². The maximum absolute atomic E-state index is 13.2. The maximum Gasteiger partial charge on any atom is 0.172 e. The molecule has 4 rings (SSSR count). The first-order valence-electron chi connectivity index (χ1n) is 10.2. The Morgan fingerprint density at radius 2 is 1.75 bits per heavy atom. The Labute approximate surface area is 196 Å². The molecular weight excluding hydrogens is 445 g/mol. The number of anilines is 2. The molecule has 2 aromatic heterocycles. The van der Waals surface area contributed by atoms with Crippen LogP contribution < -0.4 is 10.2 Å². The van der Waals surface area contributed by atoms with Crippen molar-refractivity contribution in [3.8, 4) is 5.69 Å². The quantitative estimate of drug-likeness (QED) is 0.310. The molecule has 0 amide bonds. The van der Waals surface area contributed by atoms with Gasteiger partial charge in [0.15, 0.2) is 5.16 Å². The van der Waals surface area contributed by atoms with E-state index in [9.17, 15) is 4.39 Å². The molecule has 0 saturated carbocycles. The number of rotatable bonds is 9. The summed E-state index contributed by atoms with van der Waals surface area (Å²) in [5.74, 6) is 0.617. The van der Waals surface area contributed by atoms with E-state index in [-0.39, 0.29) is 5.82 Å². The number of hydrogen-bond acceptors (Lipinski definition) is 5. The summed E-state index contributed by atoms with van der Waals surface area (Å²) < 4.78 is 15.3. The second kappa shape index (κ2) is 10.5. The number of nitrogens with one attached hydrogen (secondary N) is 1. The monoisotopic (exact) mass is 467 g/mol. The molecule has 0 bridgehead atoms. The molecule has 0 aliphatic carbocycles. The number of pyridine rings is 1. The first-order chi connectivity index (χ1) is 15.6. The van der Waals surface area contributed by atoms with Gasteiger partial charge in [-0.05, 0) is 60.7 Å². The second-order valence-corrected chi connectivity index (χ2v) is 8.68. The molecule has 164 valence electrons. The van der Waals surface area contributed by atoms with Gasteiger partial charge in [-0.2, -0.15) is 0 Å². The Hall–Kier alpha value is -3.03. The van der Waals surface area contributed by atoms with Gasteiger partial charge in [0.25, 0.3) is 0 Å². The SMILES string of the molecule is CN(CCSc1ncc(CNc2ccc(F)cc2)n1-c1ccc(Cl)cc1)c1ccncc1. The first kappa shape index (κ1) is 22.2. The zero-order valence-corrected chi connectivity index (χ0v) is 19.2. The maximum atomic E-state index is 13.2. The molecule has 0 aliphatic heterocycles. The van der Waals surface area contributed by atoms with Crippen LogP contribution >= 0.6 is 23.4 Å². The van der Waals surface area contributed by atoms with Crippen LogP contribution in [0.5, 0.6) is 0 Å². The third kappa shape index (κ3) is 5.60. The first-order valence-corrected chi connectivity index (χ1v) is 11.5. The van der Waals surface area contributed by atoms with Crippen molar-refractivity contribution in [3.63, 3.8) is 0 Å². The van der Waals surface area contributed by atoms with Gasteiger partial charge in [-0.25, -0.2) is 9.37 Å². The molecule has 0 unspecified atom stereocenters. The van der Waals surface area contributed by atoms with Gasteiger partial charge in [-0.1, -0.05) is 23.4 Å². The molecule has 2 aromatic carbocycles. The number of nitrogens with zero attached hydrogens (tertiary/aromatic N) is 4. The highest BCUT2D eigenvalue weighted by Gasteiger charge is 2.13. The lowest BCUT2D eigenvalue weighted by atomic mass is 10.3. The molecule has 5 nitrogen and oxygen atoms in total. The van der Waals surface area contributed by atoms with E-state index in [0.29, 0.717) is 11.6 Å². The van der Waals surface area contributed by atoms with Crippen molar-refractivity contribution >= 4 is 34.7 Å². The van der Waals surface area contributed by atoms with Gasteiger partial charge in [-0.3, -0.25) is 9.55 Å². The number of hydrogen-bond donors (Lipinski definition) is 1. The van der Waals surface area contributed by atoms with E-state index in [0.717, 1.165) is 40.2 Å². The third-order valence-corrected chi connectivity index (χ3v) is 6.15. The van der Waals surface area contributed by atoms with Crippen molar-refractivity contribution in [3.05, 3.63) is 95.8 Å². The lowest BCUT2D eigenvalue weighted by Gasteiger charge is -2.19. The van der Waals surface area contributed by atoms with Crippen LogP contribution in [0.2, 0.25) is 5.02 Å². The molecule has 32 heavy (non-hydrogen) atoms. The van der Waals surface area contributed by atoms with Crippen LogP contribution in [0.25, 0.3) is 5.69 Å². The minimum atomic E-state index is -0.253. The summed E-state index contributed by atoms with van der Waals surface area (Å²) in [6.45, 7) is 1.42. The zero-order chi connectivity index (χ0) is 22.3. The van der Waals surface area contributed by atoms with Gasteiger partial charge in [0.05, 0.1) is 18.4 Å². The van der Waals surface area contributed by atoms with Crippen molar-refractivity contribution in [2.75, 3.05) is 29.6 Å². The van der Waals surface area contributed by atoms with Crippen LogP contribution in [-0.4, -0.2) is 33.9 Å². The fourth-order valence-corrected chi connectivity index (χ4v) is 4.38. The molecule has 0 spiro atoms. The fraction of sp³-hybridized carbons (Fsp3) is 0.167. The van der Waals surface area contributed by atoms with Crippen LogP contribution in [0.3, 0.4) is 0 Å². The van der Waals surface area contributed by atoms with Crippen LogP contribution in [-0.2, 0) is 6.54 Å². The van der Waals surface area contributed by atoms with E-state index in [4.69, 9.17) is 11.6 Å². The van der Waals surface area contributed by atoms with Crippen molar-refractivity contribution in [1.29, 1.82) is 0 Å². The van der Waals surface area contributed by atoms with Gasteiger partial charge >= 0.3 is 0 Å². The normalized spacial score (nSPS) is 10.8. The van der Waals surface area contributed by atoms with E-state index >= 15 is 0 Å². The largest absolute Gasteiger partial charge is 0.379 e. The summed E-state index contributed by atoms with van der Waals surface area (Å²) in [4.78, 5) is 10.9. The van der Waals surface area contributed by atoms with Crippen LogP contribution in [0.4, 0.5) is 15.8 Å². The minimum Gasteiger partial charge on any atom is -0.379 e. The topological polar surface area (TPSA) is 46.0 Å². The Morgan fingerprint density at radius 3 is 2.47 bits per heavy atom. The highest BCUT2D eigenvalue weighted by Crippen LogP contribution is 2.26. The summed E-state index contributed by atoms with van der Waals surface area (Å²) in [7, 11) is 2.07. The molecular formula is C24H23ClFN5S. The molecule has 0 saturated heterocycles. The summed E-state index contributed by atoms with van der Waals surface area (Å²) in [5, 5.41) is 4.94. The van der Waals surface area contributed by atoms with E-state index in [1.165, 1.54) is 12.1 Å². The highest BCUT2D eigenvalue weighted by molar-refractivity contribution is 7.99. The molecule has 0 radical (unpaired) electrons. The van der Waals surface area contributed by atoms with Crippen LogP contribution in [0, 0.1) is 5.82 Å². The van der Waals surface area contributed by atoms with Crippen LogP contribution in [0.15, 0.2) is 84.4 Å². The van der Waals surface area contributed by atoms with Gasteiger partial charge in [0, 0.05) is 53.8 Å². The Kier molecular flexibility index (Phi) is 7.29. The molecule has 8 heteroatoms. The van der Waals surface area contributed by atoms with Crippen molar-refractivity contribution in [2.45, 2.75) is 11.7 Å². The summed E-state index contributed by atoms with van der Waals surface area (Å²) in [6, 6.07) is 18.1. The second-order valence-electron chi connectivity index (χ2n) is 7.18. The predicted molar refractivity (Wildman–Crippen MR) is 131 cm³/mol. The van der Waals surface area contributed by atoms with E-state index in [2.05, 4.69) is 31.8 Å². The van der Waals surface area contributed by atoms with E-state index in [1.54, 1.807) is 36.3 Å². The average Bonchev–Trinajstić information content (AvgIpc) is 3.22. The molecule has 0 fully saturated rings. The summed E-state index contributed by atoms with van der Waals surface area (Å²) >= 11 is 7.80. The van der Waals surface area contributed by atoms with E-state index < -0.39 is 0 Å². The third-order valence-electron chi connectivity index (χ3n) is 4.97. The molecule has 0 aliphatic rings. The van der Waals surface area contributed by atoms with Gasteiger partial charge in [0.2, 0.25) is 0 Å². The smallest absolute Gasteiger partial charge is 0.172 e. The highest BCUT2D eigenvalue weighted by atomic mass is 35.5. The minimum absolute atomic E-state index is 0.253. The van der Waals surface area contributed by atoms with Gasteiger partial charge in [-0.15, -0.1) is 0 Å². The lowest BCUT2D eigenvalue weighted by molar-refractivity contribution is 0.628. The Balaban J connectivity index is 1.49. The lowest BCUT2D eigenvalue weighted by Crippen LogP contribution is -2.20. The number of aromatic nitrogens is 3. The van der Waals surface area contributed by atoms with Crippen molar-refractivity contribution in [2.24, 2.45) is 0 Å². The van der Waals surface area contributed by atoms with Crippen molar-refractivity contribution in [1.82, 2.24) is 14.5 Å². The Bertz CT molecular complexity index is 1130. The standard InChI is InChI=1S/C24H23ClFN5S/c1-30(21-10-12-27-13-11-21)14-15-32-24-29-17-23(16-28-20-6-4-19(26)5-7-20)31(24)22-8-2-18(25)3-9-22/h2-13,17,28H,14-16H2,1H3. The predicted octanol–water partition coefficient (Wildman–Crippen LogP) is 5.90. The number of halogens is 2. The summed E-state index contributed by atoms with van der Waals surface area (Å²) in [6.07, 6.45) is 5.47. The van der Waals surface area contributed by atoms with Gasteiger partial charge in [0.1, 0.15) is 5.82 Å². The number of imidazole rings is 1. The fourth-order valence-electron chi connectivity index (χ4n) is 3.22. The van der Waals surface area contributed by atoms with E-state index in [1.807, 2.05) is 42.6 Å². The Morgan fingerprint density at radius 1 is 1.03 bits per heavy atom. The molecule has 1 N–H and O–H groups in total. The summed E-state index contributed by atoms with van der Waals surface area (Å²) in [5.41, 5.74) is 3.98. The number of thioether (sulfide) groups is 1. The molecule has 4 aromatic rings. The zero-order valence-electron chi connectivity index (χ0n) is 17.6. The van der Waals surface area contributed by atoms with Crippen molar-refractivity contribution < 1.29 is 4.39 Å².